The highest BCUT2D eigenvalue weighted by atomic mass is 32.2. The number of nitrogens with zero attached hydrogens (tertiary/aromatic N) is 1. The van der Waals surface area contributed by atoms with Crippen LogP contribution in [-0.2, 0) is 13.0 Å². The van der Waals surface area contributed by atoms with Gasteiger partial charge in [-0.15, -0.1) is 0 Å². The van der Waals surface area contributed by atoms with Crippen molar-refractivity contribution in [3.05, 3.63) is 18.2 Å². The Hall–Kier alpha value is -0.440. The van der Waals surface area contributed by atoms with Gasteiger partial charge in [-0.2, -0.15) is 11.8 Å². The van der Waals surface area contributed by atoms with Crippen molar-refractivity contribution >= 4 is 11.8 Å². The first-order valence-corrected chi connectivity index (χ1v) is 6.32. The SMILES string of the molecule is CCCC[n+]1cc[nH]c1CCSC. The fourth-order valence-corrected chi connectivity index (χ4v) is 1.75. The average molecular weight is 199 g/mol. The van der Waals surface area contributed by atoms with Crippen molar-refractivity contribution in [3.8, 4) is 0 Å². The first-order valence-electron chi connectivity index (χ1n) is 4.93. The number of unbranched alkanes of at least 4 members (excludes halogenated alkanes) is 1. The van der Waals surface area contributed by atoms with Crippen LogP contribution in [0.4, 0.5) is 0 Å². The molecule has 0 atom stereocenters. The normalized spacial score (nSPS) is 10.6. The molecule has 0 saturated heterocycles. The summed E-state index contributed by atoms with van der Waals surface area (Å²) in [5.41, 5.74) is 0. The molecule has 0 amide bonds. The van der Waals surface area contributed by atoms with Gasteiger partial charge in [-0.05, 0) is 12.7 Å². The molecule has 0 aliphatic heterocycles. The van der Waals surface area contributed by atoms with E-state index in [0.717, 1.165) is 13.0 Å². The van der Waals surface area contributed by atoms with E-state index in [-0.39, 0.29) is 0 Å². The predicted molar refractivity (Wildman–Crippen MR) is 58.0 cm³/mol. The molecule has 1 N–H and O–H groups in total. The predicted octanol–water partition coefficient (Wildman–Crippen LogP) is 2.01. The lowest BCUT2D eigenvalue weighted by molar-refractivity contribution is -0.703. The van der Waals surface area contributed by atoms with Gasteiger partial charge in [0.25, 0.3) is 5.82 Å². The molecule has 0 bridgehead atoms. The molecule has 0 aliphatic carbocycles. The summed E-state index contributed by atoms with van der Waals surface area (Å²) in [6, 6.07) is 0. The van der Waals surface area contributed by atoms with Gasteiger partial charge in [0.2, 0.25) is 0 Å². The summed E-state index contributed by atoms with van der Waals surface area (Å²) < 4.78 is 2.33. The lowest BCUT2D eigenvalue weighted by Crippen LogP contribution is -2.36. The third-order valence-corrected chi connectivity index (χ3v) is 2.76. The molecule has 0 aliphatic rings. The quantitative estimate of drug-likeness (QED) is 0.695. The molecule has 3 heteroatoms. The molecule has 1 heterocycles. The lowest BCUT2D eigenvalue weighted by Gasteiger charge is -1.98. The second kappa shape index (κ2) is 6.08. The van der Waals surface area contributed by atoms with Crippen LogP contribution in [0.3, 0.4) is 0 Å². The smallest absolute Gasteiger partial charge is 0.248 e. The molecule has 0 aromatic carbocycles. The number of imidazole rings is 1. The number of nitrogens with one attached hydrogen (secondary N) is 1. The van der Waals surface area contributed by atoms with Crippen LogP contribution >= 0.6 is 11.8 Å². The van der Waals surface area contributed by atoms with E-state index in [1.807, 2.05) is 18.0 Å². The van der Waals surface area contributed by atoms with Crippen molar-refractivity contribution in [2.75, 3.05) is 12.0 Å². The summed E-state index contributed by atoms with van der Waals surface area (Å²) >= 11 is 1.90. The van der Waals surface area contributed by atoms with E-state index in [4.69, 9.17) is 0 Å². The van der Waals surface area contributed by atoms with Crippen LogP contribution in [0, 0.1) is 0 Å². The molecule has 74 valence electrons. The largest absolute Gasteiger partial charge is 0.255 e. The Balaban J connectivity index is 2.45. The Morgan fingerprint density at radius 3 is 3.08 bits per heavy atom. The van der Waals surface area contributed by atoms with Gasteiger partial charge in [0.05, 0.1) is 13.0 Å². The van der Waals surface area contributed by atoms with Crippen LogP contribution in [0.25, 0.3) is 0 Å². The summed E-state index contributed by atoms with van der Waals surface area (Å²) in [7, 11) is 0. The van der Waals surface area contributed by atoms with E-state index in [1.165, 1.54) is 24.4 Å². The summed E-state index contributed by atoms with van der Waals surface area (Å²) in [6.45, 7) is 3.39. The molecule has 1 aromatic rings. The molecule has 0 radical (unpaired) electrons. The zero-order valence-electron chi connectivity index (χ0n) is 8.55. The number of rotatable bonds is 6. The van der Waals surface area contributed by atoms with E-state index >= 15 is 0 Å². The van der Waals surface area contributed by atoms with E-state index in [2.05, 4.69) is 28.9 Å². The standard InChI is InChI=1S/C10H18N2S/c1-3-4-7-12-8-6-11-10(12)5-9-13-2/h6,8H,3-5,7,9H2,1-2H3/p+1. The van der Waals surface area contributed by atoms with Crippen LogP contribution < -0.4 is 4.57 Å². The maximum Gasteiger partial charge on any atom is 0.255 e. The Bertz CT molecular complexity index is 210. The molecule has 0 unspecified atom stereocenters. The van der Waals surface area contributed by atoms with Crippen LogP contribution in [0.5, 0.6) is 0 Å². The van der Waals surface area contributed by atoms with Gasteiger partial charge in [-0.1, -0.05) is 13.3 Å². The highest BCUT2D eigenvalue weighted by molar-refractivity contribution is 7.98. The molecule has 2 nitrogen and oxygen atoms in total. The second-order valence-corrected chi connectivity index (χ2v) is 4.18. The number of hydrogen-bond acceptors (Lipinski definition) is 1. The third kappa shape index (κ3) is 3.43. The topological polar surface area (TPSA) is 19.7 Å². The van der Waals surface area contributed by atoms with Crippen molar-refractivity contribution in [2.24, 2.45) is 0 Å². The molecule has 0 saturated carbocycles. The van der Waals surface area contributed by atoms with Gasteiger partial charge in [-0.3, -0.25) is 0 Å². The van der Waals surface area contributed by atoms with Gasteiger partial charge in [-0.25, -0.2) is 9.55 Å². The highest BCUT2D eigenvalue weighted by Gasteiger charge is 2.08. The monoisotopic (exact) mass is 199 g/mol. The summed E-state index contributed by atoms with van der Waals surface area (Å²) in [5.74, 6) is 2.56. The zero-order chi connectivity index (χ0) is 9.52. The molecule has 13 heavy (non-hydrogen) atoms. The van der Waals surface area contributed by atoms with Gasteiger partial charge in [0.15, 0.2) is 0 Å². The maximum absolute atomic E-state index is 3.30. The molecule has 0 spiro atoms. The van der Waals surface area contributed by atoms with Crippen molar-refractivity contribution in [1.82, 2.24) is 4.98 Å². The number of aromatic nitrogens is 2. The van der Waals surface area contributed by atoms with Crippen molar-refractivity contribution in [1.29, 1.82) is 0 Å². The number of hydrogen-bond donors (Lipinski definition) is 1. The lowest BCUT2D eigenvalue weighted by atomic mass is 10.3. The zero-order valence-corrected chi connectivity index (χ0v) is 9.36. The van der Waals surface area contributed by atoms with Crippen molar-refractivity contribution < 1.29 is 4.57 Å². The Labute approximate surface area is 84.7 Å². The number of H-pyrrole nitrogens is 1. The fraction of sp³-hybridized carbons (Fsp3) is 0.700. The van der Waals surface area contributed by atoms with Gasteiger partial charge < -0.3 is 0 Å². The first-order chi connectivity index (χ1) is 6.38. The van der Waals surface area contributed by atoms with E-state index in [0.29, 0.717) is 0 Å². The van der Waals surface area contributed by atoms with Crippen molar-refractivity contribution in [2.45, 2.75) is 32.7 Å². The van der Waals surface area contributed by atoms with Crippen LogP contribution in [0.15, 0.2) is 12.4 Å². The van der Waals surface area contributed by atoms with Gasteiger partial charge in [0.1, 0.15) is 12.4 Å². The summed E-state index contributed by atoms with van der Waals surface area (Å²) in [6.07, 6.45) is 10.0. The minimum absolute atomic E-state index is 1.15. The molecule has 1 rings (SSSR count). The number of aromatic amines is 1. The fourth-order valence-electron chi connectivity index (χ4n) is 1.35. The number of thioether (sulfide) groups is 1. The highest BCUT2D eigenvalue weighted by Crippen LogP contribution is 1.98. The number of aryl methyl sites for hydroxylation is 2. The van der Waals surface area contributed by atoms with Crippen LogP contribution in [0.2, 0.25) is 0 Å². The third-order valence-electron chi connectivity index (χ3n) is 2.15. The minimum Gasteiger partial charge on any atom is -0.248 e. The molecular formula is C10H19N2S+. The first kappa shape index (κ1) is 10.6. The van der Waals surface area contributed by atoms with E-state index < -0.39 is 0 Å². The Morgan fingerprint density at radius 2 is 2.38 bits per heavy atom. The summed E-state index contributed by atoms with van der Waals surface area (Å²) in [5, 5.41) is 0. The van der Waals surface area contributed by atoms with Crippen molar-refractivity contribution in [3.63, 3.8) is 0 Å². The summed E-state index contributed by atoms with van der Waals surface area (Å²) in [4.78, 5) is 3.30. The minimum atomic E-state index is 1.15. The average Bonchev–Trinajstić information content (AvgIpc) is 2.59. The Morgan fingerprint density at radius 1 is 1.54 bits per heavy atom. The molecular weight excluding hydrogens is 180 g/mol. The van der Waals surface area contributed by atoms with Crippen LogP contribution in [0.1, 0.15) is 25.6 Å². The van der Waals surface area contributed by atoms with Crippen LogP contribution in [-0.4, -0.2) is 17.0 Å². The van der Waals surface area contributed by atoms with E-state index in [9.17, 15) is 0 Å². The Kier molecular flexibility index (Phi) is 4.98. The van der Waals surface area contributed by atoms with E-state index in [1.54, 1.807) is 0 Å². The maximum atomic E-state index is 3.30. The second-order valence-electron chi connectivity index (χ2n) is 3.20. The molecule has 1 aromatic heterocycles. The van der Waals surface area contributed by atoms with Gasteiger partial charge >= 0.3 is 0 Å². The van der Waals surface area contributed by atoms with Gasteiger partial charge in [0, 0.05) is 5.75 Å². The molecule has 0 fully saturated rings.